The van der Waals surface area contributed by atoms with Gasteiger partial charge in [0.05, 0.1) is 0 Å². The van der Waals surface area contributed by atoms with Gasteiger partial charge in [0, 0.05) is 0 Å². The van der Waals surface area contributed by atoms with Crippen LogP contribution in [0.5, 0.6) is 0 Å². The van der Waals surface area contributed by atoms with E-state index in [9.17, 15) is 0 Å². The highest BCUT2D eigenvalue weighted by atomic mass is 14.7. The van der Waals surface area contributed by atoms with Crippen molar-refractivity contribution in [3.63, 3.8) is 0 Å². The van der Waals surface area contributed by atoms with Crippen LogP contribution in [-0.4, -0.2) is 0 Å². The van der Waals surface area contributed by atoms with Crippen LogP contribution in [0.2, 0.25) is 0 Å². The molecule has 3 saturated carbocycles. The molecule has 0 aromatic rings. The Morgan fingerprint density at radius 3 is 1.45 bits per heavy atom. The van der Waals surface area contributed by atoms with Crippen molar-refractivity contribution in [3.8, 4) is 0 Å². The molecule has 0 aliphatic heterocycles. The topological polar surface area (TPSA) is 0 Å². The number of fused-ring (bicyclic) bond motifs is 1. The van der Waals surface area contributed by atoms with Gasteiger partial charge in [0.15, 0.2) is 0 Å². The van der Waals surface area contributed by atoms with Crippen molar-refractivity contribution < 1.29 is 0 Å². The lowest BCUT2D eigenvalue weighted by Crippen LogP contribution is -2.22. The van der Waals surface area contributed by atoms with Crippen molar-refractivity contribution in [2.75, 3.05) is 0 Å². The van der Waals surface area contributed by atoms with Gasteiger partial charge in [0.2, 0.25) is 0 Å². The third kappa shape index (κ3) is 0.666. The fourth-order valence-electron chi connectivity index (χ4n) is 4.06. The first-order valence-electron chi connectivity index (χ1n) is 5.37. The maximum atomic E-state index is 1.59. The molecule has 0 heterocycles. The summed E-state index contributed by atoms with van der Waals surface area (Å²) in [6, 6.07) is 0. The van der Waals surface area contributed by atoms with Crippen LogP contribution in [0.3, 0.4) is 0 Å². The lowest BCUT2D eigenvalue weighted by atomic mass is 9.74. The van der Waals surface area contributed by atoms with Gasteiger partial charge < -0.3 is 0 Å². The Morgan fingerprint density at radius 1 is 0.455 bits per heavy atom. The van der Waals surface area contributed by atoms with Gasteiger partial charge in [-0.05, 0) is 49.4 Å². The molecule has 0 radical (unpaired) electrons. The molecule has 0 N–H and O–H groups in total. The van der Waals surface area contributed by atoms with Crippen molar-refractivity contribution in [1.29, 1.82) is 0 Å². The van der Waals surface area contributed by atoms with E-state index in [0.29, 0.717) is 0 Å². The van der Waals surface area contributed by atoms with Crippen LogP contribution in [-0.2, 0) is 0 Å². The molecule has 3 fully saturated rings. The van der Waals surface area contributed by atoms with Gasteiger partial charge in [-0.25, -0.2) is 0 Å². The Hall–Kier alpha value is 0. The van der Waals surface area contributed by atoms with E-state index in [1.807, 2.05) is 0 Å². The second-order valence-corrected chi connectivity index (χ2v) is 5.12. The molecular weight excluding hydrogens is 132 g/mol. The first-order chi connectivity index (χ1) is 5.37. The number of hydrogen-bond acceptors (Lipinski definition) is 0. The van der Waals surface area contributed by atoms with Crippen molar-refractivity contribution in [1.82, 2.24) is 0 Å². The average molecular weight is 150 g/mol. The van der Waals surface area contributed by atoms with E-state index in [1.54, 1.807) is 57.8 Å². The molecule has 0 nitrogen and oxygen atoms in total. The Labute approximate surface area is 69.4 Å². The molecule has 0 unspecified atom stereocenters. The highest BCUT2D eigenvalue weighted by Gasteiger charge is 2.61. The largest absolute Gasteiger partial charge is 0.0527 e. The van der Waals surface area contributed by atoms with E-state index < -0.39 is 0 Å². The van der Waals surface area contributed by atoms with E-state index in [-0.39, 0.29) is 0 Å². The molecular formula is C11H18. The molecule has 0 aromatic heterocycles. The normalized spacial score (nSPS) is 37.1. The van der Waals surface area contributed by atoms with Crippen LogP contribution in [0.4, 0.5) is 0 Å². The monoisotopic (exact) mass is 150 g/mol. The van der Waals surface area contributed by atoms with Gasteiger partial charge >= 0.3 is 0 Å². The molecule has 0 bridgehead atoms. The van der Waals surface area contributed by atoms with E-state index in [4.69, 9.17) is 0 Å². The summed E-state index contributed by atoms with van der Waals surface area (Å²) in [6.45, 7) is 0. The summed E-state index contributed by atoms with van der Waals surface area (Å²) in [5.41, 5.74) is 1.82. The van der Waals surface area contributed by atoms with Crippen LogP contribution >= 0.6 is 0 Å². The smallest absolute Gasteiger partial charge is 0.0241 e. The fraction of sp³-hybridized carbons (Fsp3) is 1.00. The molecule has 11 heavy (non-hydrogen) atoms. The second-order valence-electron chi connectivity index (χ2n) is 5.12. The summed E-state index contributed by atoms with van der Waals surface area (Å²) in [5.74, 6) is 0. The van der Waals surface area contributed by atoms with Crippen LogP contribution in [0, 0.1) is 10.8 Å². The lowest BCUT2D eigenvalue weighted by Gasteiger charge is -2.31. The number of rotatable bonds is 0. The SMILES string of the molecule is C1CCC2(C1)CCCC21CC1. The second kappa shape index (κ2) is 1.84. The Morgan fingerprint density at radius 2 is 0.909 bits per heavy atom. The summed E-state index contributed by atoms with van der Waals surface area (Å²) >= 11 is 0. The highest BCUT2D eigenvalue weighted by Crippen LogP contribution is 2.72. The van der Waals surface area contributed by atoms with Crippen molar-refractivity contribution in [2.24, 2.45) is 10.8 Å². The minimum absolute atomic E-state index is 0.896. The zero-order valence-electron chi connectivity index (χ0n) is 7.36. The summed E-state index contributed by atoms with van der Waals surface area (Å²) in [5, 5.41) is 0. The average Bonchev–Trinajstić information content (AvgIpc) is 2.55. The Balaban J connectivity index is 1.94. The Bertz CT molecular complexity index is 165. The predicted octanol–water partition coefficient (Wildman–Crippen LogP) is 3.51. The van der Waals surface area contributed by atoms with E-state index in [0.717, 1.165) is 10.8 Å². The fourth-order valence-corrected chi connectivity index (χ4v) is 4.06. The van der Waals surface area contributed by atoms with Crippen LogP contribution in [0.15, 0.2) is 0 Å². The number of hydrogen-bond donors (Lipinski definition) is 0. The maximum Gasteiger partial charge on any atom is -0.0241 e. The molecule has 0 aromatic carbocycles. The minimum atomic E-state index is 0.896. The third-order valence-electron chi connectivity index (χ3n) is 4.85. The third-order valence-corrected chi connectivity index (χ3v) is 4.85. The van der Waals surface area contributed by atoms with Gasteiger partial charge in [-0.3, -0.25) is 0 Å². The van der Waals surface area contributed by atoms with E-state index >= 15 is 0 Å². The van der Waals surface area contributed by atoms with E-state index in [1.165, 1.54) is 0 Å². The summed E-state index contributed by atoms with van der Waals surface area (Å²) in [7, 11) is 0. The molecule has 3 aliphatic carbocycles. The Kier molecular flexibility index (Phi) is 1.09. The zero-order valence-corrected chi connectivity index (χ0v) is 7.36. The van der Waals surface area contributed by atoms with Crippen LogP contribution < -0.4 is 0 Å². The standard InChI is InChI=1S/C11H18/c1-2-5-10(4-1)6-3-7-11(10)8-9-11/h1-9H2. The highest BCUT2D eigenvalue weighted by molar-refractivity contribution is 5.12. The van der Waals surface area contributed by atoms with Gasteiger partial charge in [0.1, 0.15) is 0 Å². The van der Waals surface area contributed by atoms with E-state index in [2.05, 4.69) is 0 Å². The predicted molar refractivity (Wildman–Crippen MR) is 46.4 cm³/mol. The summed E-state index contributed by atoms with van der Waals surface area (Å²) < 4.78 is 0. The minimum Gasteiger partial charge on any atom is -0.0527 e. The summed E-state index contributed by atoms with van der Waals surface area (Å²) in [6.07, 6.45) is 14.2. The first-order valence-corrected chi connectivity index (χ1v) is 5.37. The van der Waals surface area contributed by atoms with Gasteiger partial charge in [0.25, 0.3) is 0 Å². The maximum absolute atomic E-state index is 1.59. The molecule has 62 valence electrons. The van der Waals surface area contributed by atoms with Crippen LogP contribution in [0.1, 0.15) is 57.8 Å². The van der Waals surface area contributed by atoms with Gasteiger partial charge in [-0.1, -0.05) is 19.3 Å². The first kappa shape index (κ1) is 6.51. The lowest BCUT2D eigenvalue weighted by molar-refractivity contribution is 0.185. The van der Waals surface area contributed by atoms with Gasteiger partial charge in [-0.2, -0.15) is 0 Å². The van der Waals surface area contributed by atoms with Crippen molar-refractivity contribution in [2.45, 2.75) is 57.8 Å². The van der Waals surface area contributed by atoms with Crippen molar-refractivity contribution >= 4 is 0 Å². The molecule has 2 spiro atoms. The zero-order chi connectivity index (χ0) is 7.36. The molecule has 0 amide bonds. The molecule has 3 aliphatic rings. The molecule has 0 atom stereocenters. The van der Waals surface area contributed by atoms with Crippen molar-refractivity contribution in [3.05, 3.63) is 0 Å². The molecule has 0 saturated heterocycles. The molecule has 0 heteroatoms. The quantitative estimate of drug-likeness (QED) is 0.495. The summed E-state index contributed by atoms with van der Waals surface area (Å²) in [4.78, 5) is 0. The van der Waals surface area contributed by atoms with Crippen LogP contribution in [0.25, 0.3) is 0 Å². The molecule has 3 rings (SSSR count). The van der Waals surface area contributed by atoms with Gasteiger partial charge in [-0.15, -0.1) is 0 Å².